The molecule has 122 valence electrons. The van der Waals surface area contributed by atoms with Gasteiger partial charge in [0.05, 0.1) is 5.56 Å². The molecule has 22 heavy (non-hydrogen) atoms. The van der Waals surface area contributed by atoms with Gasteiger partial charge in [-0.15, -0.1) is 0 Å². The number of nitrogens with two attached hydrogens (primary N) is 1. The zero-order chi connectivity index (χ0) is 16.1. The SMILES string of the molecule is CC1CCN(C[C@H](O)COc2ccc(Cl)cc2C(N)=O)CC1. The van der Waals surface area contributed by atoms with Crippen LogP contribution >= 0.6 is 11.6 Å². The maximum atomic E-state index is 11.4. The number of amides is 1. The fourth-order valence-electron chi connectivity index (χ4n) is 2.60. The molecule has 2 rings (SSSR count). The molecule has 1 aliphatic rings. The molecule has 0 spiro atoms. The summed E-state index contributed by atoms with van der Waals surface area (Å²) in [7, 11) is 0. The number of carbonyl (C=O) groups excluding carboxylic acids is 1. The Morgan fingerprint density at radius 1 is 1.50 bits per heavy atom. The van der Waals surface area contributed by atoms with E-state index >= 15 is 0 Å². The molecule has 0 unspecified atom stereocenters. The summed E-state index contributed by atoms with van der Waals surface area (Å²) in [6, 6.07) is 4.69. The average Bonchev–Trinajstić information content (AvgIpc) is 2.48. The van der Waals surface area contributed by atoms with Gasteiger partial charge in [-0.1, -0.05) is 18.5 Å². The molecular formula is C16H23ClN2O3. The van der Waals surface area contributed by atoms with E-state index in [1.165, 1.54) is 6.07 Å². The van der Waals surface area contributed by atoms with E-state index in [1.807, 2.05) is 0 Å². The number of rotatable bonds is 6. The fraction of sp³-hybridized carbons (Fsp3) is 0.562. The third-order valence-corrected chi connectivity index (χ3v) is 4.22. The van der Waals surface area contributed by atoms with E-state index in [4.69, 9.17) is 22.1 Å². The van der Waals surface area contributed by atoms with Crippen molar-refractivity contribution in [3.05, 3.63) is 28.8 Å². The van der Waals surface area contributed by atoms with E-state index in [0.29, 0.717) is 17.3 Å². The maximum Gasteiger partial charge on any atom is 0.252 e. The van der Waals surface area contributed by atoms with E-state index in [1.54, 1.807) is 12.1 Å². The van der Waals surface area contributed by atoms with Crippen LogP contribution in [-0.4, -0.2) is 48.3 Å². The van der Waals surface area contributed by atoms with Crippen LogP contribution in [0, 0.1) is 5.92 Å². The number of β-amino-alcohol motifs (C(OH)–C–C–N with tert-alkyl or cyclic N) is 1. The lowest BCUT2D eigenvalue weighted by molar-refractivity contribution is 0.0558. The molecule has 0 radical (unpaired) electrons. The van der Waals surface area contributed by atoms with Crippen LogP contribution < -0.4 is 10.5 Å². The smallest absolute Gasteiger partial charge is 0.252 e. The topological polar surface area (TPSA) is 75.8 Å². The number of aliphatic hydroxyl groups excluding tert-OH is 1. The third-order valence-electron chi connectivity index (χ3n) is 3.98. The Labute approximate surface area is 136 Å². The summed E-state index contributed by atoms with van der Waals surface area (Å²) in [5, 5.41) is 10.5. The first-order chi connectivity index (χ1) is 10.5. The fourth-order valence-corrected chi connectivity index (χ4v) is 2.77. The van der Waals surface area contributed by atoms with Crippen molar-refractivity contribution in [1.29, 1.82) is 0 Å². The van der Waals surface area contributed by atoms with Crippen LogP contribution in [0.3, 0.4) is 0 Å². The van der Waals surface area contributed by atoms with Gasteiger partial charge in [0.1, 0.15) is 18.5 Å². The van der Waals surface area contributed by atoms with Crippen LogP contribution in [0.5, 0.6) is 5.75 Å². The lowest BCUT2D eigenvalue weighted by atomic mass is 9.99. The van der Waals surface area contributed by atoms with E-state index in [9.17, 15) is 9.90 Å². The predicted octanol–water partition coefficient (Wildman–Crippen LogP) is 1.91. The Kier molecular flexibility index (Phi) is 6.06. The summed E-state index contributed by atoms with van der Waals surface area (Å²) in [5.74, 6) is 0.511. The minimum Gasteiger partial charge on any atom is -0.490 e. The zero-order valence-electron chi connectivity index (χ0n) is 12.8. The summed E-state index contributed by atoms with van der Waals surface area (Å²) in [5.41, 5.74) is 5.53. The number of hydrogen-bond acceptors (Lipinski definition) is 4. The lowest BCUT2D eigenvalue weighted by Crippen LogP contribution is -2.40. The monoisotopic (exact) mass is 326 g/mol. The Morgan fingerprint density at radius 3 is 2.82 bits per heavy atom. The molecule has 0 aromatic heterocycles. The number of likely N-dealkylation sites (tertiary alicyclic amines) is 1. The number of halogens is 1. The van der Waals surface area contributed by atoms with Gasteiger partial charge in [-0.3, -0.25) is 4.79 Å². The standard InChI is InChI=1S/C16H23ClN2O3/c1-11-4-6-19(7-5-11)9-13(20)10-22-15-3-2-12(17)8-14(15)16(18)21/h2-3,8,11,13,20H,4-7,9-10H2,1H3,(H2,18,21)/t13-/m0/s1. The van der Waals surface area contributed by atoms with Crippen LogP contribution in [0.15, 0.2) is 18.2 Å². The first-order valence-corrected chi connectivity index (χ1v) is 7.96. The number of benzene rings is 1. The summed E-state index contributed by atoms with van der Waals surface area (Å²) in [6.45, 7) is 4.96. The molecule has 6 heteroatoms. The third kappa shape index (κ3) is 4.87. The lowest BCUT2D eigenvalue weighted by Gasteiger charge is -2.31. The average molecular weight is 327 g/mol. The Bertz CT molecular complexity index is 516. The minimum atomic E-state index is -0.607. The van der Waals surface area contributed by atoms with Gasteiger partial charge in [-0.2, -0.15) is 0 Å². The van der Waals surface area contributed by atoms with Crippen molar-refractivity contribution in [2.45, 2.75) is 25.9 Å². The Balaban J connectivity index is 1.86. The molecule has 1 amide bonds. The van der Waals surface area contributed by atoms with Crippen molar-refractivity contribution in [2.75, 3.05) is 26.2 Å². The molecule has 1 fully saturated rings. The van der Waals surface area contributed by atoms with Gasteiger partial charge in [0.15, 0.2) is 0 Å². The molecule has 1 aromatic carbocycles. The van der Waals surface area contributed by atoms with Crippen molar-refractivity contribution in [2.24, 2.45) is 11.7 Å². The highest BCUT2D eigenvalue weighted by molar-refractivity contribution is 6.31. The van der Waals surface area contributed by atoms with E-state index in [2.05, 4.69) is 11.8 Å². The molecule has 0 aliphatic carbocycles. The number of ether oxygens (including phenoxy) is 1. The zero-order valence-corrected chi connectivity index (χ0v) is 13.6. The second-order valence-electron chi connectivity index (χ2n) is 5.95. The molecule has 0 bridgehead atoms. The number of aliphatic hydroxyl groups is 1. The quantitative estimate of drug-likeness (QED) is 0.837. The molecule has 3 N–H and O–H groups in total. The van der Waals surface area contributed by atoms with E-state index in [-0.39, 0.29) is 12.2 Å². The molecule has 1 aromatic rings. The van der Waals surface area contributed by atoms with Crippen molar-refractivity contribution in [1.82, 2.24) is 4.90 Å². The van der Waals surface area contributed by atoms with Gasteiger partial charge in [-0.25, -0.2) is 0 Å². The van der Waals surface area contributed by atoms with Crippen LogP contribution in [0.1, 0.15) is 30.1 Å². The summed E-state index contributed by atoms with van der Waals surface area (Å²) in [6.07, 6.45) is 1.72. The van der Waals surface area contributed by atoms with Crippen LogP contribution in [0.25, 0.3) is 0 Å². The molecule has 1 aliphatic heterocycles. The number of piperidine rings is 1. The second kappa shape index (κ2) is 7.81. The number of hydrogen-bond donors (Lipinski definition) is 2. The van der Waals surface area contributed by atoms with Crippen LogP contribution in [-0.2, 0) is 0 Å². The van der Waals surface area contributed by atoms with Gasteiger partial charge >= 0.3 is 0 Å². The molecule has 1 heterocycles. The highest BCUT2D eigenvalue weighted by Crippen LogP contribution is 2.23. The highest BCUT2D eigenvalue weighted by Gasteiger charge is 2.19. The summed E-state index contributed by atoms with van der Waals surface area (Å²) >= 11 is 5.84. The summed E-state index contributed by atoms with van der Waals surface area (Å²) < 4.78 is 5.54. The van der Waals surface area contributed by atoms with Gasteiger partial charge < -0.3 is 20.5 Å². The first-order valence-electron chi connectivity index (χ1n) is 7.58. The predicted molar refractivity (Wildman–Crippen MR) is 86.3 cm³/mol. The van der Waals surface area contributed by atoms with Crippen molar-refractivity contribution >= 4 is 17.5 Å². The van der Waals surface area contributed by atoms with Gasteiger partial charge in [0, 0.05) is 11.6 Å². The van der Waals surface area contributed by atoms with Crippen molar-refractivity contribution in [3.8, 4) is 5.75 Å². The maximum absolute atomic E-state index is 11.4. The Hall–Kier alpha value is -1.30. The molecule has 5 nitrogen and oxygen atoms in total. The van der Waals surface area contributed by atoms with Crippen LogP contribution in [0.2, 0.25) is 5.02 Å². The molecule has 0 saturated carbocycles. The minimum absolute atomic E-state index is 0.119. The number of carbonyl (C=O) groups is 1. The summed E-state index contributed by atoms with van der Waals surface area (Å²) in [4.78, 5) is 13.6. The van der Waals surface area contributed by atoms with Crippen molar-refractivity contribution < 1.29 is 14.6 Å². The number of primary amides is 1. The van der Waals surface area contributed by atoms with Gasteiger partial charge in [0.25, 0.3) is 5.91 Å². The Morgan fingerprint density at radius 2 is 2.18 bits per heavy atom. The largest absolute Gasteiger partial charge is 0.490 e. The first kappa shape index (κ1) is 17.1. The normalized spacial score (nSPS) is 18.1. The van der Waals surface area contributed by atoms with Gasteiger partial charge in [0.2, 0.25) is 0 Å². The van der Waals surface area contributed by atoms with E-state index < -0.39 is 12.0 Å². The van der Waals surface area contributed by atoms with Gasteiger partial charge in [-0.05, 0) is 50.0 Å². The second-order valence-corrected chi connectivity index (χ2v) is 6.39. The van der Waals surface area contributed by atoms with Crippen LogP contribution in [0.4, 0.5) is 0 Å². The molecule has 1 atom stereocenters. The molecule has 1 saturated heterocycles. The highest BCUT2D eigenvalue weighted by atomic mass is 35.5. The molecular weight excluding hydrogens is 304 g/mol. The van der Waals surface area contributed by atoms with Crippen molar-refractivity contribution in [3.63, 3.8) is 0 Å². The number of nitrogens with zero attached hydrogens (tertiary/aromatic N) is 1. The van der Waals surface area contributed by atoms with E-state index in [0.717, 1.165) is 31.8 Å².